The van der Waals surface area contributed by atoms with Gasteiger partial charge in [-0.05, 0) is 37.6 Å². The summed E-state index contributed by atoms with van der Waals surface area (Å²) in [6, 6.07) is 6.94. The van der Waals surface area contributed by atoms with Gasteiger partial charge < -0.3 is 15.8 Å². The summed E-state index contributed by atoms with van der Waals surface area (Å²) in [5.74, 6) is 0.470. The molecule has 0 fully saturated rings. The molecule has 2 aromatic rings. The van der Waals surface area contributed by atoms with Gasteiger partial charge in [-0.25, -0.2) is 0 Å². The van der Waals surface area contributed by atoms with E-state index in [-0.39, 0.29) is 5.91 Å². The van der Waals surface area contributed by atoms with Crippen LogP contribution in [0, 0.1) is 0 Å². The van der Waals surface area contributed by atoms with Gasteiger partial charge >= 0.3 is 0 Å². The van der Waals surface area contributed by atoms with Gasteiger partial charge in [0, 0.05) is 31.0 Å². The number of hydrogen-bond donors (Lipinski definition) is 2. The Balaban J connectivity index is 1.81. The van der Waals surface area contributed by atoms with Gasteiger partial charge in [-0.15, -0.1) is 0 Å². The van der Waals surface area contributed by atoms with E-state index in [0.717, 1.165) is 13.0 Å². The number of amides is 1. The molecule has 0 saturated carbocycles. The molecule has 1 amide bonds. The van der Waals surface area contributed by atoms with Crippen LogP contribution in [0.15, 0.2) is 36.7 Å². The van der Waals surface area contributed by atoms with Crippen molar-refractivity contribution in [3.63, 3.8) is 0 Å². The highest BCUT2D eigenvalue weighted by atomic mass is 16.5. The number of hydrogen-bond acceptors (Lipinski definition) is 4. The van der Waals surface area contributed by atoms with E-state index in [1.165, 1.54) is 0 Å². The number of aryl methyl sites for hydroxylation is 1. The summed E-state index contributed by atoms with van der Waals surface area (Å²) < 4.78 is 7.18. The molecule has 0 radical (unpaired) electrons. The summed E-state index contributed by atoms with van der Waals surface area (Å²) in [6.07, 6.45) is 4.45. The van der Waals surface area contributed by atoms with Gasteiger partial charge in [0.1, 0.15) is 5.75 Å². The zero-order valence-corrected chi connectivity index (χ0v) is 12.1. The first kappa shape index (κ1) is 14.9. The molecule has 0 atom stereocenters. The minimum absolute atomic E-state index is 0.134. The van der Waals surface area contributed by atoms with Gasteiger partial charge in [0.15, 0.2) is 0 Å². The average Bonchev–Trinajstić information content (AvgIpc) is 2.99. The predicted molar refractivity (Wildman–Crippen MR) is 81.2 cm³/mol. The first-order valence-corrected chi connectivity index (χ1v) is 6.98. The van der Waals surface area contributed by atoms with Crippen LogP contribution in [0.3, 0.4) is 0 Å². The summed E-state index contributed by atoms with van der Waals surface area (Å²) >= 11 is 0. The minimum Gasteiger partial charge on any atom is -0.492 e. The number of rotatable bonds is 7. The van der Waals surface area contributed by atoms with Crippen LogP contribution in [0.25, 0.3) is 0 Å². The van der Waals surface area contributed by atoms with E-state index < -0.39 is 0 Å². The third-order valence-electron chi connectivity index (χ3n) is 2.98. The number of anilines is 1. The van der Waals surface area contributed by atoms with E-state index in [9.17, 15) is 4.79 Å². The van der Waals surface area contributed by atoms with Crippen LogP contribution >= 0.6 is 0 Å². The molecule has 2 rings (SSSR count). The molecule has 0 aliphatic heterocycles. The van der Waals surface area contributed by atoms with Gasteiger partial charge in [0.2, 0.25) is 0 Å². The second-order valence-electron chi connectivity index (χ2n) is 4.56. The van der Waals surface area contributed by atoms with Crippen LogP contribution in [0.4, 0.5) is 5.69 Å². The maximum Gasteiger partial charge on any atom is 0.251 e. The summed E-state index contributed by atoms with van der Waals surface area (Å²) in [4.78, 5) is 12.0. The second kappa shape index (κ2) is 7.33. The van der Waals surface area contributed by atoms with E-state index in [2.05, 4.69) is 10.4 Å². The smallest absolute Gasteiger partial charge is 0.251 e. The maximum atomic E-state index is 12.0. The Kier molecular flexibility index (Phi) is 5.20. The van der Waals surface area contributed by atoms with E-state index in [1.807, 2.05) is 23.9 Å². The number of aromatic nitrogens is 2. The Morgan fingerprint density at radius 1 is 1.48 bits per heavy atom. The third-order valence-corrected chi connectivity index (χ3v) is 2.98. The Labute approximate surface area is 123 Å². The molecule has 0 aliphatic rings. The number of carbonyl (C=O) groups is 1. The van der Waals surface area contributed by atoms with Crippen molar-refractivity contribution in [3.05, 3.63) is 42.2 Å². The molecule has 112 valence electrons. The van der Waals surface area contributed by atoms with Gasteiger partial charge in [0.25, 0.3) is 5.91 Å². The Hall–Kier alpha value is -2.50. The maximum absolute atomic E-state index is 12.0. The quantitative estimate of drug-likeness (QED) is 0.600. The highest BCUT2D eigenvalue weighted by Crippen LogP contribution is 2.22. The molecule has 0 unspecified atom stereocenters. The standard InChI is InChI=1S/C15H20N4O2/c1-2-21-14-6-5-12(11-13(14)16)15(20)17-7-3-9-19-10-4-8-18-19/h4-6,8,10-11H,2-3,7,9,16H2,1H3,(H,17,20). The first-order valence-electron chi connectivity index (χ1n) is 6.98. The molecule has 0 saturated heterocycles. The number of ether oxygens (including phenoxy) is 1. The lowest BCUT2D eigenvalue weighted by molar-refractivity contribution is 0.0952. The van der Waals surface area contributed by atoms with Gasteiger partial charge in [-0.2, -0.15) is 5.10 Å². The van der Waals surface area contributed by atoms with E-state index >= 15 is 0 Å². The molecular formula is C15H20N4O2. The van der Waals surface area contributed by atoms with Gasteiger partial charge in [0.05, 0.1) is 12.3 Å². The fourth-order valence-electron chi connectivity index (χ4n) is 1.95. The normalized spacial score (nSPS) is 10.3. The Bertz CT molecular complexity index is 581. The van der Waals surface area contributed by atoms with Crippen molar-refractivity contribution in [3.8, 4) is 5.75 Å². The van der Waals surface area contributed by atoms with Crippen LogP contribution in [0.1, 0.15) is 23.7 Å². The Morgan fingerprint density at radius 2 is 2.33 bits per heavy atom. The lowest BCUT2D eigenvalue weighted by atomic mass is 10.1. The van der Waals surface area contributed by atoms with Crippen LogP contribution in [-0.2, 0) is 6.54 Å². The van der Waals surface area contributed by atoms with Crippen molar-refractivity contribution in [2.45, 2.75) is 19.9 Å². The number of carbonyl (C=O) groups excluding carboxylic acids is 1. The number of nitrogen functional groups attached to an aromatic ring is 1. The van der Waals surface area contributed by atoms with E-state index in [1.54, 1.807) is 24.4 Å². The SMILES string of the molecule is CCOc1ccc(C(=O)NCCCn2cccn2)cc1N. The van der Waals surface area contributed by atoms with E-state index in [4.69, 9.17) is 10.5 Å². The largest absolute Gasteiger partial charge is 0.492 e. The number of nitrogens with one attached hydrogen (secondary N) is 1. The monoisotopic (exact) mass is 288 g/mol. The van der Waals surface area contributed by atoms with Gasteiger partial charge in [-0.3, -0.25) is 9.48 Å². The molecule has 3 N–H and O–H groups in total. The van der Waals surface area contributed by atoms with Crippen molar-refractivity contribution < 1.29 is 9.53 Å². The lowest BCUT2D eigenvalue weighted by Crippen LogP contribution is -2.25. The van der Waals surface area contributed by atoms with Gasteiger partial charge in [-0.1, -0.05) is 0 Å². The molecule has 6 nitrogen and oxygen atoms in total. The number of nitrogens with zero attached hydrogens (tertiary/aromatic N) is 2. The predicted octanol–water partition coefficient (Wildman–Crippen LogP) is 1.68. The third kappa shape index (κ3) is 4.24. The number of benzene rings is 1. The van der Waals surface area contributed by atoms with Crippen LogP contribution in [0.5, 0.6) is 5.75 Å². The zero-order valence-electron chi connectivity index (χ0n) is 12.1. The molecule has 1 aromatic carbocycles. The fourth-order valence-corrected chi connectivity index (χ4v) is 1.95. The number of nitrogens with two attached hydrogens (primary N) is 1. The highest BCUT2D eigenvalue weighted by Gasteiger charge is 2.08. The first-order chi connectivity index (χ1) is 10.2. The minimum atomic E-state index is -0.134. The van der Waals surface area contributed by atoms with Crippen molar-refractivity contribution >= 4 is 11.6 Å². The van der Waals surface area contributed by atoms with E-state index in [0.29, 0.717) is 30.2 Å². The van der Waals surface area contributed by atoms with Crippen LogP contribution in [0.2, 0.25) is 0 Å². The summed E-state index contributed by atoms with van der Waals surface area (Å²) in [5.41, 5.74) is 6.86. The molecule has 0 bridgehead atoms. The van der Waals surface area contributed by atoms with Crippen molar-refractivity contribution in [1.82, 2.24) is 15.1 Å². The molecule has 1 heterocycles. The lowest BCUT2D eigenvalue weighted by Gasteiger charge is -2.09. The van der Waals surface area contributed by atoms with Crippen LogP contribution < -0.4 is 15.8 Å². The molecule has 21 heavy (non-hydrogen) atoms. The van der Waals surface area contributed by atoms with Crippen molar-refractivity contribution in [2.75, 3.05) is 18.9 Å². The highest BCUT2D eigenvalue weighted by molar-refractivity contribution is 5.95. The van der Waals surface area contributed by atoms with Crippen molar-refractivity contribution in [1.29, 1.82) is 0 Å². The second-order valence-corrected chi connectivity index (χ2v) is 4.56. The average molecular weight is 288 g/mol. The fraction of sp³-hybridized carbons (Fsp3) is 0.333. The summed E-state index contributed by atoms with van der Waals surface area (Å²) in [5, 5.41) is 6.97. The summed E-state index contributed by atoms with van der Waals surface area (Å²) in [7, 11) is 0. The van der Waals surface area contributed by atoms with Crippen LogP contribution in [-0.4, -0.2) is 28.8 Å². The Morgan fingerprint density at radius 3 is 3.00 bits per heavy atom. The molecular weight excluding hydrogens is 268 g/mol. The zero-order chi connectivity index (χ0) is 15.1. The summed E-state index contributed by atoms with van der Waals surface area (Å²) in [6.45, 7) is 3.80. The molecule has 0 spiro atoms. The molecule has 1 aromatic heterocycles. The molecule has 0 aliphatic carbocycles. The van der Waals surface area contributed by atoms with Crippen molar-refractivity contribution in [2.24, 2.45) is 0 Å². The topological polar surface area (TPSA) is 82.2 Å². The molecule has 6 heteroatoms.